The summed E-state index contributed by atoms with van der Waals surface area (Å²) >= 11 is 3.05. The van der Waals surface area contributed by atoms with Gasteiger partial charge in [0.1, 0.15) is 5.82 Å². The van der Waals surface area contributed by atoms with Crippen LogP contribution in [-0.2, 0) is 4.79 Å². The maximum atomic E-state index is 12.8. The van der Waals surface area contributed by atoms with Crippen LogP contribution in [0.15, 0.2) is 58.8 Å². The predicted molar refractivity (Wildman–Crippen MR) is 107 cm³/mol. The molecule has 26 heavy (non-hydrogen) atoms. The summed E-state index contributed by atoms with van der Waals surface area (Å²) < 4.78 is 12.8. The van der Waals surface area contributed by atoms with Crippen molar-refractivity contribution in [1.82, 2.24) is 4.98 Å². The smallest absolute Gasteiger partial charge is 0.226 e. The summed E-state index contributed by atoms with van der Waals surface area (Å²) in [5.41, 5.74) is 3.12. The molecule has 0 atom stereocenters. The van der Waals surface area contributed by atoms with E-state index in [-0.39, 0.29) is 11.7 Å². The first-order valence-corrected chi connectivity index (χ1v) is 10.2. The van der Waals surface area contributed by atoms with Crippen LogP contribution in [0, 0.1) is 12.7 Å². The Morgan fingerprint density at radius 1 is 1.15 bits per heavy atom. The van der Waals surface area contributed by atoms with Crippen molar-refractivity contribution in [3.05, 3.63) is 65.3 Å². The van der Waals surface area contributed by atoms with E-state index in [2.05, 4.69) is 10.3 Å². The molecule has 1 amide bonds. The van der Waals surface area contributed by atoms with Gasteiger partial charge in [0.15, 0.2) is 5.13 Å². The fourth-order valence-electron chi connectivity index (χ4n) is 2.32. The summed E-state index contributed by atoms with van der Waals surface area (Å²) in [6.07, 6.45) is 1.19. The van der Waals surface area contributed by atoms with Gasteiger partial charge in [-0.2, -0.15) is 0 Å². The molecule has 0 saturated heterocycles. The number of thioether (sulfide) groups is 1. The zero-order chi connectivity index (χ0) is 18.4. The van der Waals surface area contributed by atoms with Crippen LogP contribution >= 0.6 is 23.1 Å². The fourth-order valence-corrected chi connectivity index (χ4v) is 3.91. The van der Waals surface area contributed by atoms with Crippen LogP contribution in [0.2, 0.25) is 0 Å². The Bertz CT molecular complexity index is 860. The van der Waals surface area contributed by atoms with E-state index in [1.807, 2.05) is 36.6 Å². The number of carbonyl (C=O) groups is 1. The second kappa shape index (κ2) is 8.96. The number of amides is 1. The molecule has 1 N–H and O–H groups in total. The van der Waals surface area contributed by atoms with Gasteiger partial charge in [-0.3, -0.25) is 4.79 Å². The summed E-state index contributed by atoms with van der Waals surface area (Å²) in [6.45, 7) is 2.05. The van der Waals surface area contributed by atoms with Crippen molar-refractivity contribution in [2.75, 3.05) is 11.1 Å². The highest BCUT2D eigenvalue weighted by Crippen LogP contribution is 2.25. The number of benzene rings is 2. The van der Waals surface area contributed by atoms with Crippen molar-refractivity contribution in [2.24, 2.45) is 0 Å². The lowest BCUT2D eigenvalue weighted by molar-refractivity contribution is -0.116. The molecule has 0 spiro atoms. The zero-order valence-corrected chi connectivity index (χ0v) is 16.0. The summed E-state index contributed by atoms with van der Waals surface area (Å²) in [6, 6.07) is 14.6. The molecule has 134 valence electrons. The molecule has 0 bridgehead atoms. The monoisotopic (exact) mass is 386 g/mol. The zero-order valence-electron chi connectivity index (χ0n) is 14.4. The molecule has 0 aliphatic carbocycles. The Morgan fingerprint density at radius 3 is 2.62 bits per heavy atom. The van der Waals surface area contributed by atoms with E-state index in [1.54, 1.807) is 23.9 Å². The van der Waals surface area contributed by atoms with Crippen LogP contribution in [-0.4, -0.2) is 16.6 Å². The summed E-state index contributed by atoms with van der Waals surface area (Å²) in [5, 5.41) is 5.43. The predicted octanol–water partition coefficient (Wildman–Crippen LogP) is 5.77. The van der Waals surface area contributed by atoms with Crippen LogP contribution < -0.4 is 5.32 Å². The average molecular weight is 387 g/mol. The van der Waals surface area contributed by atoms with Crippen LogP contribution in [0.5, 0.6) is 0 Å². The molecule has 1 aromatic heterocycles. The third-order valence-corrected chi connectivity index (χ3v) is 5.58. The first-order valence-electron chi connectivity index (χ1n) is 8.31. The van der Waals surface area contributed by atoms with Crippen molar-refractivity contribution in [3.63, 3.8) is 0 Å². The minimum Gasteiger partial charge on any atom is -0.302 e. The Balaban J connectivity index is 1.43. The van der Waals surface area contributed by atoms with E-state index in [4.69, 9.17) is 0 Å². The molecule has 0 radical (unpaired) electrons. The lowest BCUT2D eigenvalue weighted by atomic mass is 10.1. The van der Waals surface area contributed by atoms with E-state index in [1.165, 1.54) is 29.0 Å². The Labute approximate surface area is 160 Å². The van der Waals surface area contributed by atoms with Gasteiger partial charge in [-0.1, -0.05) is 29.8 Å². The molecular formula is C20H19FN2OS2. The minimum absolute atomic E-state index is 0.0329. The molecule has 2 aromatic carbocycles. The molecule has 0 fully saturated rings. The van der Waals surface area contributed by atoms with Gasteiger partial charge in [-0.05, 0) is 43.4 Å². The highest BCUT2D eigenvalue weighted by Gasteiger charge is 2.08. The third kappa shape index (κ3) is 5.41. The van der Waals surface area contributed by atoms with Crippen LogP contribution in [0.25, 0.3) is 11.3 Å². The minimum atomic E-state index is -0.234. The van der Waals surface area contributed by atoms with Gasteiger partial charge in [0.2, 0.25) is 5.91 Å². The SMILES string of the molecule is Cc1ccc(-c2csc(NC(=O)CCCSc3ccc(F)cc3)n2)cc1. The van der Waals surface area contributed by atoms with Crippen molar-refractivity contribution >= 4 is 34.1 Å². The van der Waals surface area contributed by atoms with Gasteiger partial charge in [0, 0.05) is 22.3 Å². The summed E-state index contributed by atoms with van der Waals surface area (Å²) in [4.78, 5) is 17.5. The number of halogens is 1. The number of aryl methyl sites for hydroxylation is 1. The van der Waals surface area contributed by atoms with Crippen LogP contribution in [0.1, 0.15) is 18.4 Å². The topological polar surface area (TPSA) is 42.0 Å². The molecule has 0 aliphatic heterocycles. The second-order valence-electron chi connectivity index (χ2n) is 5.86. The Hall–Kier alpha value is -2.18. The lowest BCUT2D eigenvalue weighted by Crippen LogP contribution is -2.11. The number of thiazole rings is 1. The maximum absolute atomic E-state index is 12.8. The fraction of sp³-hybridized carbons (Fsp3) is 0.200. The molecule has 0 saturated carbocycles. The molecule has 3 aromatic rings. The number of hydrogen-bond donors (Lipinski definition) is 1. The number of anilines is 1. The molecule has 1 heterocycles. The van der Waals surface area contributed by atoms with E-state index < -0.39 is 0 Å². The van der Waals surface area contributed by atoms with Gasteiger partial charge in [-0.15, -0.1) is 23.1 Å². The van der Waals surface area contributed by atoms with Crippen LogP contribution in [0.3, 0.4) is 0 Å². The van der Waals surface area contributed by atoms with Crippen molar-refractivity contribution in [3.8, 4) is 11.3 Å². The van der Waals surface area contributed by atoms with E-state index in [9.17, 15) is 9.18 Å². The first kappa shape index (κ1) is 18.6. The Morgan fingerprint density at radius 2 is 1.88 bits per heavy atom. The maximum Gasteiger partial charge on any atom is 0.226 e. The van der Waals surface area contributed by atoms with Crippen molar-refractivity contribution in [2.45, 2.75) is 24.7 Å². The first-order chi connectivity index (χ1) is 12.6. The number of hydrogen-bond acceptors (Lipinski definition) is 4. The standard InChI is InChI=1S/C20H19FN2OS2/c1-14-4-6-15(7-5-14)18-13-26-20(22-18)23-19(24)3-2-12-25-17-10-8-16(21)9-11-17/h4-11,13H,2-3,12H2,1H3,(H,22,23,24). The number of rotatable bonds is 7. The third-order valence-electron chi connectivity index (χ3n) is 3.73. The number of nitrogens with zero attached hydrogens (tertiary/aromatic N) is 1. The average Bonchev–Trinajstić information content (AvgIpc) is 3.09. The molecule has 0 unspecified atom stereocenters. The summed E-state index contributed by atoms with van der Waals surface area (Å²) in [5.74, 6) is 0.544. The van der Waals surface area contributed by atoms with Gasteiger partial charge >= 0.3 is 0 Å². The molecule has 3 rings (SSSR count). The lowest BCUT2D eigenvalue weighted by Gasteiger charge is -2.03. The Kier molecular flexibility index (Phi) is 6.41. The highest BCUT2D eigenvalue weighted by molar-refractivity contribution is 7.99. The van der Waals surface area contributed by atoms with Gasteiger partial charge in [0.25, 0.3) is 0 Å². The van der Waals surface area contributed by atoms with Gasteiger partial charge < -0.3 is 5.32 Å². The molecule has 0 aliphatic rings. The highest BCUT2D eigenvalue weighted by atomic mass is 32.2. The number of carbonyl (C=O) groups excluding carboxylic acids is 1. The van der Waals surface area contributed by atoms with E-state index >= 15 is 0 Å². The summed E-state index contributed by atoms with van der Waals surface area (Å²) in [7, 11) is 0. The van der Waals surface area contributed by atoms with Crippen LogP contribution in [0.4, 0.5) is 9.52 Å². The van der Waals surface area contributed by atoms with Crippen molar-refractivity contribution in [1.29, 1.82) is 0 Å². The molecule has 3 nitrogen and oxygen atoms in total. The molecule has 6 heteroatoms. The van der Waals surface area contributed by atoms with E-state index in [0.717, 1.165) is 28.3 Å². The normalized spacial score (nSPS) is 10.7. The second-order valence-corrected chi connectivity index (χ2v) is 7.88. The van der Waals surface area contributed by atoms with Gasteiger partial charge in [-0.25, -0.2) is 9.37 Å². The number of aromatic nitrogens is 1. The van der Waals surface area contributed by atoms with Crippen molar-refractivity contribution < 1.29 is 9.18 Å². The molecular weight excluding hydrogens is 367 g/mol. The van der Waals surface area contributed by atoms with E-state index in [0.29, 0.717) is 11.6 Å². The largest absolute Gasteiger partial charge is 0.302 e. The number of nitrogens with one attached hydrogen (secondary N) is 1. The quantitative estimate of drug-likeness (QED) is 0.414. The van der Waals surface area contributed by atoms with Gasteiger partial charge in [0.05, 0.1) is 5.69 Å².